The van der Waals surface area contributed by atoms with Crippen molar-refractivity contribution in [3.63, 3.8) is 0 Å². The molecule has 0 aliphatic carbocycles. The Kier molecular flexibility index (Phi) is 3.12. The smallest absolute Gasteiger partial charge is 0.0889 e. The first-order valence-corrected chi connectivity index (χ1v) is 6.87. The van der Waals surface area contributed by atoms with Crippen molar-refractivity contribution in [3.8, 4) is 11.1 Å². The van der Waals surface area contributed by atoms with Crippen LogP contribution in [0.3, 0.4) is 0 Å². The minimum atomic E-state index is 0.833. The first kappa shape index (κ1) is 11.8. The van der Waals surface area contributed by atoms with Crippen LogP contribution in [-0.4, -0.2) is 7.85 Å². The Balaban J connectivity index is 2.30. The average Bonchev–Trinajstić information content (AvgIpc) is 2.41. The summed E-state index contributed by atoms with van der Waals surface area (Å²) in [5.74, 6) is 0. The monoisotopic (exact) mass is 340 g/mol. The van der Waals surface area contributed by atoms with Crippen molar-refractivity contribution in [2.75, 3.05) is 0 Å². The van der Waals surface area contributed by atoms with Gasteiger partial charge in [-0.3, -0.25) is 0 Å². The third kappa shape index (κ3) is 2.05. The zero-order valence-corrected chi connectivity index (χ0v) is 11.9. The van der Waals surface area contributed by atoms with E-state index in [2.05, 4.69) is 71.1 Å². The molecule has 18 heavy (non-hydrogen) atoms. The van der Waals surface area contributed by atoms with E-state index in [-0.39, 0.29) is 0 Å². The molecular weight excluding hydrogens is 330 g/mol. The van der Waals surface area contributed by atoms with Crippen LogP contribution in [0.1, 0.15) is 0 Å². The lowest BCUT2D eigenvalue weighted by Crippen LogP contribution is -2.03. The Morgan fingerprint density at radius 3 is 2.11 bits per heavy atom. The van der Waals surface area contributed by atoms with Gasteiger partial charge in [0, 0.05) is 3.57 Å². The minimum Gasteiger partial charge on any atom is -0.0889 e. The second-order valence-electron chi connectivity index (χ2n) is 4.25. The van der Waals surface area contributed by atoms with E-state index in [1.807, 2.05) is 12.1 Å². The average molecular weight is 340 g/mol. The molecule has 84 valence electrons. The van der Waals surface area contributed by atoms with Crippen molar-refractivity contribution >= 4 is 46.7 Å². The summed E-state index contributed by atoms with van der Waals surface area (Å²) in [6, 6.07) is 20.9. The number of benzene rings is 3. The fourth-order valence-electron chi connectivity index (χ4n) is 2.20. The third-order valence-electron chi connectivity index (χ3n) is 3.11. The van der Waals surface area contributed by atoms with Gasteiger partial charge in [0.1, 0.15) is 7.85 Å². The van der Waals surface area contributed by atoms with Gasteiger partial charge in [0.2, 0.25) is 0 Å². The molecule has 0 heterocycles. The van der Waals surface area contributed by atoms with Crippen molar-refractivity contribution in [2.45, 2.75) is 0 Å². The van der Waals surface area contributed by atoms with Gasteiger partial charge in [0.15, 0.2) is 0 Å². The highest BCUT2D eigenvalue weighted by Crippen LogP contribution is 2.27. The zero-order chi connectivity index (χ0) is 12.5. The Morgan fingerprint density at radius 1 is 0.722 bits per heavy atom. The maximum Gasteiger partial charge on any atom is 0.114 e. The molecule has 3 aromatic rings. The van der Waals surface area contributed by atoms with Crippen molar-refractivity contribution in [1.29, 1.82) is 0 Å². The Hall–Kier alpha value is -1.29. The van der Waals surface area contributed by atoms with Gasteiger partial charge in [-0.25, -0.2) is 0 Å². The number of rotatable bonds is 1. The van der Waals surface area contributed by atoms with E-state index in [4.69, 9.17) is 7.85 Å². The Labute approximate surface area is 122 Å². The maximum absolute atomic E-state index is 6.03. The van der Waals surface area contributed by atoms with Crippen LogP contribution < -0.4 is 5.46 Å². The molecule has 0 nitrogen and oxygen atoms in total. The van der Waals surface area contributed by atoms with Crippen LogP contribution >= 0.6 is 22.6 Å². The van der Waals surface area contributed by atoms with Crippen molar-refractivity contribution in [1.82, 2.24) is 0 Å². The fourth-order valence-corrected chi connectivity index (χ4v) is 2.56. The molecule has 2 radical (unpaired) electrons. The number of hydrogen-bond acceptors (Lipinski definition) is 0. The van der Waals surface area contributed by atoms with E-state index in [0.29, 0.717) is 0 Å². The summed E-state index contributed by atoms with van der Waals surface area (Å²) in [5, 5.41) is 2.33. The molecule has 3 aromatic carbocycles. The normalized spacial score (nSPS) is 10.7. The summed E-state index contributed by atoms with van der Waals surface area (Å²) in [6.07, 6.45) is 0. The Morgan fingerprint density at radius 2 is 1.39 bits per heavy atom. The lowest BCUT2D eigenvalue weighted by Gasteiger charge is -2.09. The van der Waals surface area contributed by atoms with Crippen LogP contribution in [0.25, 0.3) is 21.9 Å². The molecule has 0 fully saturated rings. The summed E-state index contributed by atoms with van der Waals surface area (Å²) >= 11 is 2.32. The highest BCUT2D eigenvalue weighted by molar-refractivity contribution is 14.1. The number of halogens is 1. The molecular formula is C16H10BI. The molecule has 0 N–H and O–H groups in total. The zero-order valence-electron chi connectivity index (χ0n) is 9.73. The molecule has 0 unspecified atom stereocenters. The van der Waals surface area contributed by atoms with Crippen LogP contribution in [0.15, 0.2) is 60.7 Å². The van der Waals surface area contributed by atoms with Crippen molar-refractivity contribution in [2.24, 2.45) is 0 Å². The molecule has 0 atom stereocenters. The molecule has 0 aromatic heterocycles. The van der Waals surface area contributed by atoms with E-state index < -0.39 is 0 Å². The van der Waals surface area contributed by atoms with Gasteiger partial charge in [0.25, 0.3) is 0 Å². The molecule has 0 bridgehead atoms. The predicted molar refractivity (Wildman–Crippen MR) is 87.5 cm³/mol. The molecule has 0 aliphatic rings. The Bertz CT molecular complexity index is 702. The van der Waals surface area contributed by atoms with Gasteiger partial charge in [-0.2, -0.15) is 0 Å². The topological polar surface area (TPSA) is 0 Å². The first-order valence-electron chi connectivity index (χ1n) is 5.79. The standard InChI is InChI=1S/C16H10BI/c17-16-10-9-13(11-5-7-12(18)8-6-11)14-3-1-2-4-15(14)16/h1-10H. The second-order valence-corrected chi connectivity index (χ2v) is 5.50. The maximum atomic E-state index is 6.03. The molecule has 3 rings (SSSR count). The molecule has 0 saturated carbocycles. The summed E-state index contributed by atoms with van der Waals surface area (Å²) in [6.45, 7) is 0. The highest BCUT2D eigenvalue weighted by Gasteiger charge is 2.04. The van der Waals surface area contributed by atoms with Gasteiger partial charge in [-0.05, 0) is 56.6 Å². The van der Waals surface area contributed by atoms with Crippen LogP contribution in [-0.2, 0) is 0 Å². The highest BCUT2D eigenvalue weighted by atomic mass is 127. The fraction of sp³-hybridized carbons (Fsp3) is 0. The van der Waals surface area contributed by atoms with Crippen LogP contribution in [0.2, 0.25) is 0 Å². The summed E-state index contributed by atoms with van der Waals surface area (Å²) in [5.41, 5.74) is 3.29. The van der Waals surface area contributed by atoms with Gasteiger partial charge in [-0.1, -0.05) is 54.0 Å². The van der Waals surface area contributed by atoms with Crippen LogP contribution in [0, 0.1) is 3.57 Å². The predicted octanol–water partition coefficient (Wildman–Crippen LogP) is 3.91. The minimum absolute atomic E-state index is 0.833. The van der Waals surface area contributed by atoms with E-state index in [9.17, 15) is 0 Å². The molecule has 0 spiro atoms. The largest absolute Gasteiger partial charge is 0.114 e. The molecule has 0 aliphatic heterocycles. The molecule has 0 saturated heterocycles. The van der Waals surface area contributed by atoms with Crippen LogP contribution in [0.4, 0.5) is 0 Å². The summed E-state index contributed by atoms with van der Waals surface area (Å²) < 4.78 is 1.25. The van der Waals surface area contributed by atoms with E-state index in [1.54, 1.807) is 0 Å². The van der Waals surface area contributed by atoms with E-state index >= 15 is 0 Å². The van der Waals surface area contributed by atoms with Gasteiger partial charge in [-0.15, -0.1) is 0 Å². The van der Waals surface area contributed by atoms with Gasteiger partial charge < -0.3 is 0 Å². The van der Waals surface area contributed by atoms with E-state index in [1.165, 1.54) is 20.1 Å². The van der Waals surface area contributed by atoms with E-state index in [0.717, 1.165) is 10.8 Å². The van der Waals surface area contributed by atoms with Gasteiger partial charge >= 0.3 is 0 Å². The SMILES string of the molecule is [B]c1ccc(-c2ccc(I)cc2)c2ccccc12. The second kappa shape index (κ2) is 4.77. The third-order valence-corrected chi connectivity index (χ3v) is 3.83. The first-order chi connectivity index (χ1) is 8.75. The van der Waals surface area contributed by atoms with Gasteiger partial charge in [0.05, 0.1) is 0 Å². The van der Waals surface area contributed by atoms with Crippen LogP contribution in [0.5, 0.6) is 0 Å². The molecule has 0 amide bonds. The quantitative estimate of drug-likeness (QED) is 0.466. The lowest BCUT2D eigenvalue weighted by atomic mass is 9.86. The summed E-state index contributed by atoms with van der Waals surface area (Å²) in [4.78, 5) is 0. The van der Waals surface area contributed by atoms with Crippen molar-refractivity contribution in [3.05, 3.63) is 64.2 Å². The van der Waals surface area contributed by atoms with Crippen molar-refractivity contribution < 1.29 is 0 Å². The summed E-state index contributed by atoms with van der Waals surface area (Å²) in [7, 11) is 6.03. The number of fused-ring (bicyclic) bond motifs is 1. The number of hydrogen-bond donors (Lipinski definition) is 0. The lowest BCUT2D eigenvalue weighted by molar-refractivity contribution is 1.62. The molecule has 2 heteroatoms.